The van der Waals surface area contributed by atoms with Crippen LogP contribution in [0.25, 0.3) is 0 Å². The predicted octanol–water partition coefficient (Wildman–Crippen LogP) is 4.54. The molecule has 3 N–H and O–H groups in total. The van der Waals surface area contributed by atoms with E-state index in [-0.39, 0.29) is 11.9 Å². The van der Waals surface area contributed by atoms with Gasteiger partial charge in [0.2, 0.25) is 5.91 Å². The number of fused-ring (bicyclic) bond motifs is 3. The van der Waals surface area contributed by atoms with Gasteiger partial charge in [-0.1, -0.05) is 29.8 Å². The van der Waals surface area contributed by atoms with Crippen molar-refractivity contribution in [2.45, 2.75) is 39.2 Å². The molecule has 2 aromatic carbocycles. The van der Waals surface area contributed by atoms with Gasteiger partial charge in [0.05, 0.1) is 6.04 Å². The second-order valence-electron chi connectivity index (χ2n) is 7.45. The summed E-state index contributed by atoms with van der Waals surface area (Å²) in [5.41, 5.74) is 13.8. The molecule has 2 aromatic rings. The highest BCUT2D eigenvalue weighted by atomic mass is 16.1. The summed E-state index contributed by atoms with van der Waals surface area (Å²) in [6.07, 6.45) is 5.62. The summed E-state index contributed by atoms with van der Waals surface area (Å²) in [6.45, 7) is 6.57. The minimum absolute atomic E-state index is 0.285. The number of benzene rings is 2. The molecular formula is C22H24N2O. The zero-order chi connectivity index (χ0) is 17.7. The predicted molar refractivity (Wildman–Crippen MR) is 102 cm³/mol. The second kappa shape index (κ2) is 5.76. The molecule has 0 aromatic heterocycles. The van der Waals surface area contributed by atoms with E-state index in [1.54, 1.807) is 0 Å². The molecule has 3 atom stereocenters. The maximum Gasteiger partial charge on any atom is 0.248 e. The average Bonchev–Trinajstić information content (AvgIpc) is 3.03. The molecule has 0 bridgehead atoms. The monoisotopic (exact) mass is 332 g/mol. The molecule has 0 saturated carbocycles. The van der Waals surface area contributed by atoms with Crippen molar-refractivity contribution in [3.8, 4) is 0 Å². The molecular weight excluding hydrogens is 308 g/mol. The third kappa shape index (κ3) is 2.55. The van der Waals surface area contributed by atoms with Gasteiger partial charge in [-0.25, -0.2) is 0 Å². The lowest BCUT2D eigenvalue weighted by molar-refractivity contribution is 0.1000. The van der Waals surface area contributed by atoms with Crippen LogP contribution in [0.15, 0.2) is 42.5 Å². The van der Waals surface area contributed by atoms with Crippen LogP contribution in [0.5, 0.6) is 0 Å². The number of hydrogen-bond acceptors (Lipinski definition) is 2. The summed E-state index contributed by atoms with van der Waals surface area (Å²) in [7, 11) is 0. The van der Waals surface area contributed by atoms with Gasteiger partial charge in [-0.3, -0.25) is 4.79 Å². The number of carbonyl (C=O) groups is 1. The Kier molecular flexibility index (Phi) is 3.68. The molecule has 25 heavy (non-hydrogen) atoms. The van der Waals surface area contributed by atoms with Gasteiger partial charge in [0.25, 0.3) is 0 Å². The Bertz CT molecular complexity index is 874. The lowest BCUT2D eigenvalue weighted by atomic mass is 9.75. The molecule has 1 heterocycles. The fourth-order valence-electron chi connectivity index (χ4n) is 4.72. The van der Waals surface area contributed by atoms with Crippen LogP contribution in [0.2, 0.25) is 0 Å². The van der Waals surface area contributed by atoms with Crippen molar-refractivity contribution < 1.29 is 4.79 Å². The molecule has 1 aliphatic heterocycles. The first kappa shape index (κ1) is 15.9. The van der Waals surface area contributed by atoms with E-state index in [4.69, 9.17) is 5.73 Å². The number of hydrogen-bond donors (Lipinski definition) is 2. The Morgan fingerprint density at radius 3 is 2.52 bits per heavy atom. The number of nitrogens with one attached hydrogen (secondary N) is 1. The Morgan fingerprint density at radius 1 is 1.12 bits per heavy atom. The molecule has 1 aliphatic carbocycles. The largest absolute Gasteiger partial charge is 0.378 e. The minimum Gasteiger partial charge on any atom is -0.378 e. The number of aryl methyl sites for hydroxylation is 3. The fourth-order valence-corrected chi connectivity index (χ4v) is 4.72. The summed E-state index contributed by atoms with van der Waals surface area (Å²) in [4.78, 5) is 11.6. The lowest BCUT2D eigenvalue weighted by Gasteiger charge is -2.39. The quantitative estimate of drug-likeness (QED) is 0.793. The number of allylic oxidation sites excluding steroid dienone is 2. The normalized spacial score (nSPS) is 23.7. The highest BCUT2D eigenvalue weighted by molar-refractivity contribution is 5.93. The van der Waals surface area contributed by atoms with Crippen LogP contribution in [0, 0.1) is 26.7 Å². The minimum atomic E-state index is -0.367. The maximum absolute atomic E-state index is 11.6. The third-order valence-electron chi connectivity index (χ3n) is 5.70. The van der Waals surface area contributed by atoms with Crippen molar-refractivity contribution >= 4 is 11.6 Å². The van der Waals surface area contributed by atoms with Crippen LogP contribution in [0.1, 0.15) is 56.6 Å². The van der Waals surface area contributed by atoms with Gasteiger partial charge in [-0.05, 0) is 73.6 Å². The number of rotatable bonds is 2. The topological polar surface area (TPSA) is 55.1 Å². The zero-order valence-electron chi connectivity index (χ0n) is 15.0. The van der Waals surface area contributed by atoms with E-state index in [1.165, 1.54) is 27.8 Å². The van der Waals surface area contributed by atoms with Crippen LogP contribution < -0.4 is 11.1 Å². The van der Waals surface area contributed by atoms with Crippen molar-refractivity contribution in [1.82, 2.24) is 0 Å². The van der Waals surface area contributed by atoms with Gasteiger partial charge in [0, 0.05) is 17.2 Å². The van der Waals surface area contributed by atoms with Gasteiger partial charge >= 0.3 is 0 Å². The first-order valence-electron chi connectivity index (χ1n) is 8.90. The van der Waals surface area contributed by atoms with Crippen molar-refractivity contribution in [3.05, 3.63) is 75.9 Å². The van der Waals surface area contributed by atoms with Crippen LogP contribution >= 0.6 is 0 Å². The number of carbonyl (C=O) groups excluding carboxylic acids is 1. The van der Waals surface area contributed by atoms with Gasteiger partial charge in [0.15, 0.2) is 0 Å². The molecule has 3 heteroatoms. The van der Waals surface area contributed by atoms with Gasteiger partial charge < -0.3 is 11.1 Å². The number of primary amides is 1. The maximum atomic E-state index is 11.6. The van der Waals surface area contributed by atoms with Crippen LogP contribution in [-0.4, -0.2) is 5.91 Å². The molecule has 0 radical (unpaired) electrons. The Balaban J connectivity index is 1.83. The molecule has 4 rings (SSSR count). The molecule has 0 spiro atoms. The van der Waals surface area contributed by atoms with E-state index < -0.39 is 0 Å². The standard InChI is InChI=1S/C22H24N2O/c1-12-9-13(2)20(14(3)10-12)21-17-6-4-5-16(17)18-11-15(22(23)25)7-8-19(18)24-21/h4-5,7-11,16-17,21,24H,6H2,1-3H3,(H2,23,25). The number of anilines is 1. The fraction of sp³-hybridized carbons (Fsp3) is 0.318. The molecule has 128 valence electrons. The van der Waals surface area contributed by atoms with Crippen LogP contribution in [0.3, 0.4) is 0 Å². The van der Waals surface area contributed by atoms with E-state index >= 15 is 0 Å². The van der Waals surface area contributed by atoms with Crippen molar-refractivity contribution in [3.63, 3.8) is 0 Å². The summed E-state index contributed by atoms with van der Waals surface area (Å²) < 4.78 is 0. The second-order valence-corrected chi connectivity index (χ2v) is 7.45. The number of nitrogens with two attached hydrogens (primary N) is 1. The Labute approximate surface area is 148 Å². The van der Waals surface area contributed by atoms with Gasteiger partial charge in [0.1, 0.15) is 0 Å². The Hall–Kier alpha value is -2.55. The van der Waals surface area contributed by atoms with E-state index in [0.717, 1.165) is 12.1 Å². The van der Waals surface area contributed by atoms with E-state index in [2.05, 4.69) is 50.4 Å². The summed E-state index contributed by atoms with van der Waals surface area (Å²) in [5, 5.41) is 3.76. The lowest BCUT2D eigenvalue weighted by Crippen LogP contribution is -2.30. The molecule has 3 unspecified atom stereocenters. The van der Waals surface area contributed by atoms with E-state index in [0.29, 0.717) is 17.4 Å². The van der Waals surface area contributed by atoms with Crippen LogP contribution in [0.4, 0.5) is 5.69 Å². The third-order valence-corrected chi connectivity index (χ3v) is 5.70. The van der Waals surface area contributed by atoms with Gasteiger partial charge in [-0.2, -0.15) is 0 Å². The average molecular weight is 332 g/mol. The van der Waals surface area contributed by atoms with E-state index in [9.17, 15) is 4.79 Å². The highest BCUT2D eigenvalue weighted by Gasteiger charge is 2.39. The first-order chi connectivity index (χ1) is 12.0. The van der Waals surface area contributed by atoms with Crippen LogP contribution in [-0.2, 0) is 0 Å². The molecule has 2 aliphatic rings. The SMILES string of the molecule is Cc1cc(C)c(C2Nc3ccc(C(N)=O)cc3C3C=CCC32)c(C)c1. The smallest absolute Gasteiger partial charge is 0.248 e. The zero-order valence-corrected chi connectivity index (χ0v) is 15.0. The molecule has 0 saturated heterocycles. The molecule has 3 nitrogen and oxygen atoms in total. The van der Waals surface area contributed by atoms with Crippen molar-refractivity contribution in [2.75, 3.05) is 5.32 Å². The van der Waals surface area contributed by atoms with E-state index in [1.807, 2.05) is 18.2 Å². The summed E-state index contributed by atoms with van der Waals surface area (Å²) >= 11 is 0. The highest BCUT2D eigenvalue weighted by Crippen LogP contribution is 2.50. The van der Waals surface area contributed by atoms with Crippen molar-refractivity contribution in [2.24, 2.45) is 11.7 Å². The molecule has 0 fully saturated rings. The van der Waals surface area contributed by atoms with Gasteiger partial charge in [-0.15, -0.1) is 0 Å². The summed E-state index contributed by atoms with van der Waals surface area (Å²) in [5.74, 6) is 0.435. The summed E-state index contributed by atoms with van der Waals surface area (Å²) in [6, 6.07) is 10.6. The Morgan fingerprint density at radius 2 is 1.84 bits per heavy atom. The van der Waals surface area contributed by atoms with Crippen molar-refractivity contribution in [1.29, 1.82) is 0 Å². The number of amides is 1. The first-order valence-corrected chi connectivity index (χ1v) is 8.90. The molecule has 1 amide bonds.